The van der Waals surface area contributed by atoms with E-state index in [1.54, 1.807) is 19.1 Å². The van der Waals surface area contributed by atoms with Gasteiger partial charge in [-0.15, -0.1) is 0 Å². The summed E-state index contributed by atoms with van der Waals surface area (Å²) >= 11 is 0. The van der Waals surface area contributed by atoms with Crippen molar-refractivity contribution in [1.82, 2.24) is 10.2 Å². The highest BCUT2D eigenvalue weighted by Gasteiger charge is 2.27. The Labute approximate surface area is 179 Å². The second-order valence-electron chi connectivity index (χ2n) is 7.18. The van der Waals surface area contributed by atoms with Crippen molar-refractivity contribution >= 4 is 11.8 Å². The van der Waals surface area contributed by atoms with Gasteiger partial charge in [-0.25, -0.2) is 0 Å². The van der Waals surface area contributed by atoms with E-state index in [0.29, 0.717) is 32.4 Å². The van der Waals surface area contributed by atoms with E-state index in [0.717, 1.165) is 22.6 Å². The van der Waals surface area contributed by atoms with Crippen LogP contribution in [0.2, 0.25) is 0 Å². The average Bonchev–Trinajstić information content (AvgIpc) is 2.76. The third-order valence-electron chi connectivity index (χ3n) is 4.93. The molecule has 30 heavy (non-hydrogen) atoms. The van der Waals surface area contributed by atoms with Gasteiger partial charge < -0.3 is 19.7 Å². The number of carbonyl (C=O) groups is 2. The lowest BCUT2D eigenvalue weighted by Crippen LogP contribution is -2.48. The summed E-state index contributed by atoms with van der Waals surface area (Å²) in [5.41, 5.74) is 2.14. The van der Waals surface area contributed by atoms with Crippen molar-refractivity contribution < 1.29 is 19.1 Å². The Morgan fingerprint density at radius 1 is 1.10 bits per heavy atom. The maximum Gasteiger partial charge on any atom is 0.242 e. The Bertz CT molecular complexity index is 820. The van der Waals surface area contributed by atoms with Gasteiger partial charge >= 0.3 is 0 Å². The molecule has 2 rings (SSSR count). The molecule has 6 nitrogen and oxygen atoms in total. The van der Waals surface area contributed by atoms with Gasteiger partial charge in [0.2, 0.25) is 11.8 Å². The van der Waals surface area contributed by atoms with E-state index in [4.69, 9.17) is 9.47 Å². The highest BCUT2D eigenvalue weighted by molar-refractivity contribution is 5.87. The second kappa shape index (κ2) is 11.9. The van der Waals surface area contributed by atoms with Crippen LogP contribution in [0.3, 0.4) is 0 Å². The van der Waals surface area contributed by atoms with Crippen molar-refractivity contribution in [2.45, 2.75) is 45.7 Å². The number of nitrogens with one attached hydrogen (secondary N) is 1. The van der Waals surface area contributed by atoms with Crippen molar-refractivity contribution in [1.29, 1.82) is 0 Å². The molecule has 0 heterocycles. The van der Waals surface area contributed by atoms with E-state index < -0.39 is 6.04 Å². The fourth-order valence-corrected chi connectivity index (χ4v) is 3.32. The van der Waals surface area contributed by atoms with Crippen LogP contribution in [0, 0.1) is 6.92 Å². The first-order valence-corrected chi connectivity index (χ1v) is 10.3. The van der Waals surface area contributed by atoms with E-state index >= 15 is 0 Å². The molecule has 162 valence electrons. The molecular formula is C24H32N2O4. The fraction of sp³-hybridized carbons (Fsp3) is 0.417. The third-order valence-corrected chi connectivity index (χ3v) is 4.93. The minimum Gasteiger partial charge on any atom is -0.497 e. The van der Waals surface area contributed by atoms with Gasteiger partial charge in [0, 0.05) is 20.0 Å². The number of hydrogen-bond donors (Lipinski definition) is 1. The minimum absolute atomic E-state index is 0.0507. The van der Waals surface area contributed by atoms with Crippen molar-refractivity contribution in [3.8, 4) is 11.5 Å². The highest BCUT2D eigenvalue weighted by Crippen LogP contribution is 2.18. The quantitative estimate of drug-likeness (QED) is 0.571. The van der Waals surface area contributed by atoms with E-state index in [2.05, 4.69) is 5.32 Å². The summed E-state index contributed by atoms with van der Waals surface area (Å²) in [5.74, 6) is 1.30. The Balaban J connectivity index is 1.99. The predicted octanol–water partition coefficient (Wildman–Crippen LogP) is 3.72. The van der Waals surface area contributed by atoms with Gasteiger partial charge in [0.1, 0.15) is 17.5 Å². The lowest BCUT2D eigenvalue weighted by Gasteiger charge is -2.30. The molecule has 0 unspecified atom stereocenters. The van der Waals surface area contributed by atoms with Crippen LogP contribution in [-0.2, 0) is 16.1 Å². The number of nitrogens with zero attached hydrogens (tertiary/aromatic N) is 1. The maximum atomic E-state index is 13.0. The summed E-state index contributed by atoms with van der Waals surface area (Å²) < 4.78 is 10.9. The van der Waals surface area contributed by atoms with Crippen molar-refractivity contribution in [2.24, 2.45) is 0 Å². The van der Waals surface area contributed by atoms with Gasteiger partial charge in [-0.2, -0.15) is 0 Å². The maximum absolute atomic E-state index is 13.0. The fourth-order valence-electron chi connectivity index (χ4n) is 3.32. The second-order valence-corrected chi connectivity index (χ2v) is 7.18. The van der Waals surface area contributed by atoms with Crippen LogP contribution in [0.5, 0.6) is 11.5 Å². The molecule has 0 aromatic heterocycles. The smallest absolute Gasteiger partial charge is 0.242 e. The summed E-state index contributed by atoms with van der Waals surface area (Å²) in [6.45, 7) is 4.77. The molecule has 0 saturated carbocycles. The minimum atomic E-state index is -0.495. The first-order chi connectivity index (χ1) is 14.5. The van der Waals surface area contributed by atoms with Crippen LogP contribution in [0.25, 0.3) is 0 Å². The molecular weight excluding hydrogens is 380 g/mol. The first kappa shape index (κ1) is 23.3. The SMILES string of the molecule is CC[C@H](C(=O)NC)N(Cc1cccc(C)c1)C(=O)CCCOc1ccc(OC)cc1. The van der Waals surface area contributed by atoms with E-state index in [-0.39, 0.29) is 11.8 Å². The molecule has 0 aliphatic heterocycles. The number of rotatable bonds is 11. The normalized spacial score (nSPS) is 11.5. The summed E-state index contributed by atoms with van der Waals surface area (Å²) in [7, 11) is 3.22. The Kier molecular flexibility index (Phi) is 9.19. The largest absolute Gasteiger partial charge is 0.497 e. The summed E-state index contributed by atoms with van der Waals surface area (Å²) in [5, 5.41) is 2.68. The van der Waals surface area contributed by atoms with Crippen LogP contribution in [0.1, 0.15) is 37.3 Å². The van der Waals surface area contributed by atoms with E-state index in [1.165, 1.54) is 0 Å². The molecule has 0 aliphatic rings. The molecule has 0 saturated heterocycles. The molecule has 6 heteroatoms. The lowest BCUT2D eigenvalue weighted by molar-refractivity contribution is -0.141. The Hall–Kier alpha value is -3.02. The first-order valence-electron chi connectivity index (χ1n) is 10.3. The van der Waals surface area contributed by atoms with E-state index in [9.17, 15) is 9.59 Å². The van der Waals surface area contributed by atoms with Gasteiger partial charge in [0.15, 0.2) is 0 Å². The average molecular weight is 413 g/mol. The van der Waals surface area contributed by atoms with Crippen LogP contribution in [0.15, 0.2) is 48.5 Å². The highest BCUT2D eigenvalue weighted by atomic mass is 16.5. The number of likely N-dealkylation sites (N-methyl/N-ethyl adjacent to an activating group) is 1. The zero-order valence-electron chi connectivity index (χ0n) is 18.3. The number of methoxy groups -OCH3 is 1. The molecule has 2 aromatic rings. The number of hydrogen-bond acceptors (Lipinski definition) is 4. The van der Waals surface area contributed by atoms with Gasteiger partial charge in [-0.1, -0.05) is 36.8 Å². The Morgan fingerprint density at radius 2 is 1.80 bits per heavy atom. The molecule has 1 N–H and O–H groups in total. The molecule has 0 aliphatic carbocycles. The van der Waals surface area contributed by atoms with Crippen molar-refractivity contribution in [3.05, 3.63) is 59.7 Å². The van der Waals surface area contributed by atoms with Crippen molar-refractivity contribution in [2.75, 3.05) is 20.8 Å². The standard InChI is InChI=1S/C24H32N2O4/c1-5-22(24(28)25-3)26(17-19-9-6-8-18(2)16-19)23(27)10-7-15-30-21-13-11-20(29-4)12-14-21/h6,8-9,11-14,16,22H,5,7,10,15,17H2,1-4H3,(H,25,28)/t22-/m1/s1. The third kappa shape index (κ3) is 6.79. The summed E-state index contributed by atoms with van der Waals surface area (Å²) in [4.78, 5) is 27.1. The van der Waals surface area contributed by atoms with Crippen LogP contribution in [0.4, 0.5) is 0 Å². The summed E-state index contributed by atoms with van der Waals surface area (Å²) in [6.07, 6.45) is 1.44. The monoisotopic (exact) mass is 412 g/mol. The molecule has 0 fully saturated rings. The molecule has 0 spiro atoms. The molecule has 2 amide bonds. The van der Waals surface area contributed by atoms with Gasteiger partial charge in [0.05, 0.1) is 13.7 Å². The number of carbonyl (C=O) groups excluding carboxylic acids is 2. The molecule has 0 radical (unpaired) electrons. The van der Waals surface area contributed by atoms with Crippen LogP contribution >= 0.6 is 0 Å². The topological polar surface area (TPSA) is 67.9 Å². The number of benzene rings is 2. The molecule has 2 aromatic carbocycles. The van der Waals surface area contributed by atoms with Crippen LogP contribution < -0.4 is 14.8 Å². The van der Waals surface area contributed by atoms with Gasteiger partial charge in [-0.3, -0.25) is 9.59 Å². The summed E-state index contributed by atoms with van der Waals surface area (Å²) in [6, 6.07) is 14.9. The van der Waals surface area contributed by atoms with Crippen molar-refractivity contribution in [3.63, 3.8) is 0 Å². The molecule has 0 bridgehead atoms. The van der Waals surface area contributed by atoms with Gasteiger partial charge in [-0.05, 0) is 49.6 Å². The number of ether oxygens (including phenoxy) is 2. The molecule has 1 atom stereocenters. The predicted molar refractivity (Wildman–Crippen MR) is 118 cm³/mol. The Morgan fingerprint density at radius 3 is 2.40 bits per heavy atom. The zero-order valence-corrected chi connectivity index (χ0v) is 18.3. The van der Waals surface area contributed by atoms with Crippen LogP contribution in [-0.4, -0.2) is 43.5 Å². The number of amides is 2. The van der Waals surface area contributed by atoms with Gasteiger partial charge in [0.25, 0.3) is 0 Å². The zero-order chi connectivity index (χ0) is 21.9. The van der Waals surface area contributed by atoms with E-state index in [1.807, 2.05) is 62.4 Å². The lowest BCUT2D eigenvalue weighted by atomic mass is 10.1. The number of aryl methyl sites for hydroxylation is 1.